The molecular weight excluding hydrogens is 256 g/mol. The summed E-state index contributed by atoms with van der Waals surface area (Å²) in [5.74, 6) is 1.66. The first-order chi connectivity index (χ1) is 7.27. The second-order valence-corrected chi connectivity index (χ2v) is 4.60. The van der Waals surface area contributed by atoms with E-state index in [-0.39, 0.29) is 0 Å². The largest absolute Gasteiger partial charge is 0.315 e. The predicted octanol–water partition coefficient (Wildman–Crippen LogP) is 1.49. The maximum absolute atomic E-state index is 4.57. The summed E-state index contributed by atoms with van der Waals surface area (Å²) in [6, 6.07) is 0. The van der Waals surface area contributed by atoms with Crippen LogP contribution in [0.15, 0.2) is 17.0 Å². The van der Waals surface area contributed by atoms with E-state index >= 15 is 0 Å². The quantitative estimate of drug-likeness (QED) is 0.851. The maximum Gasteiger partial charge on any atom is 0.134 e. The van der Waals surface area contributed by atoms with Gasteiger partial charge in [0.25, 0.3) is 0 Å². The molecule has 5 heteroatoms. The van der Waals surface area contributed by atoms with Crippen molar-refractivity contribution in [1.82, 2.24) is 19.7 Å². The van der Waals surface area contributed by atoms with Crippen molar-refractivity contribution in [3.8, 4) is 0 Å². The summed E-state index contributed by atoms with van der Waals surface area (Å²) in [4.78, 5) is 8.85. The van der Waals surface area contributed by atoms with E-state index in [4.69, 9.17) is 0 Å². The molecule has 0 aliphatic carbocycles. The molecular formula is C10H11BrN4. The van der Waals surface area contributed by atoms with Gasteiger partial charge in [0.15, 0.2) is 0 Å². The third-order valence-corrected chi connectivity index (χ3v) is 3.42. The van der Waals surface area contributed by atoms with Gasteiger partial charge in [0.2, 0.25) is 0 Å². The Labute approximate surface area is 95.9 Å². The summed E-state index contributed by atoms with van der Waals surface area (Å²) in [6.07, 6.45) is 3.81. The van der Waals surface area contributed by atoms with Crippen molar-refractivity contribution >= 4 is 21.4 Å². The monoisotopic (exact) mass is 266 g/mol. The lowest BCUT2D eigenvalue weighted by molar-refractivity contribution is 0.428. The highest BCUT2D eigenvalue weighted by Gasteiger charge is 2.25. The van der Waals surface area contributed by atoms with E-state index in [1.54, 1.807) is 0 Å². The Balaban J connectivity index is 2.27. The van der Waals surface area contributed by atoms with Crippen molar-refractivity contribution in [2.45, 2.75) is 12.8 Å². The molecule has 3 heterocycles. The van der Waals surface area contributed by atoms with Crippen LogP contribution in [-0.4, -0.2) is 27.5 Å². The minimum absolute atomic E-state index is 0.533. The summed E-state index contributed by atoms with van der Waals surface area (Å²) < 4.78 is 3.03. The highest BCUT2D eigenvalue weighted by molar-refractivity contribution is 9.10. The lowest BCUT2D eigenvalue weighted by atomic mass is 10.0. The molecule has 0 amide bonds. The van der Waals surface area contributed by atoms with Crippen molar-refractivity contribution in [3.05, 3.63) is 28.5 Å². The molecule has 78 valence electrons. The fourth-order valence-electron chi connectivity index (χ4n) is 1.93. The van der Waals surface area contributed by atoms with Gasteiger partial charge in [-0.2, -0.15) is 0 Å². The molecule has 1 N–H and O–H groups in total. The average molecular weight is 267 g/mol. The van der Waals surface area contributed by atoms with Crippen molar-refractivity contribution < 1.29 is 0 Å². The molecule has 2 aromatic rings. The van der Waals surface area contributed by atoms with E-state index in [0.29, 0.717) is 5.92 Å². The summed E-state index contributed by atoms with van der Waals surface area (Å²) >= 11 is 3.50. The highest BCUT2D eigenvalue weighted by atomic mass is 79.9. The Kier molecular flexibility index (Phi) is 2.03. The van der Waals surface area contributed by atoms with Gasteiger partial charge in [0.1, 0.15) is 15.9 Å². The number of imidazole rings is 1. The molecule has 4 nitrogen and oxygen atoms in total. The molecule has 0 spiro atoms. The number of hydrogen-bond donors (Lipinski definition) is 1. The molecule has 0 aromatic carbocycles. The second kappa shape index (κ2) is 3.28. The fraction of sp³-hybridized carbons (Fsp3) is 0.400. The fourth-order valence-corrected chi connectivity index (χ4v) is 2.59. The molecule has 15 heavy (non-hydrogen) atoms. The molecule has 0 unspecified atom stereocenters. The van der Waals surface area contributed by atoms with Crippen molar-refractivity contribution in [1.29, 1.82) is 0 Å². The molecule has 1 saturated heterocycles. The number of nitrogens with one attached hydrogen (secondary N) is 1. The average Bonchev–Trinajstić information content (AvgIpc) is 2.43. The first-order valence-corrected chi connectivity index (χ1v) is 5.76. The SMILES string of the molecule is Cc1nccn2c(C3CNC3)nc(Br)c12. The third-order valence-electron chi connectivity index (χ3n) is 2.87. The Morgan fingerprint density at radius 2 is 2.33 bits per heavy atom. The Hall–Kier alpha value is -0.940. The zero-order chi connectivity index (χ0) is 10.4. The van der Waals surface area contributed by atoms with Gasteiger partial charge in [-0.3, -0.25) is 9.38 Å². The number of aryl methyl sites for hydroxylation is 1. The van der Waals surface area contributed by atoms with E-state index in [9.17, 15) is 0 Å². The summed E-state index contributed by atoms with van der Waals surface area (Å²) in [7, 11) is 0. The number of halogens is 1. The minimum atomic E-state index is 0.533. The third kappa shape index (κ3) is 1.30. The van der Waals surface area contributed by atoms with Crippen LogP contribution in [0.4, 0.5) is 0 Å². The summed E-state index contributed by atoms with van der Waals surface area (Å²) in [5.41, 5.74) is 2.09. The minimum Gasteiger partial charge on any atom is -0.315 e. The summed E-state index contributed by atoms with van der Waals surface area (Å²) in [5, 5.41) is 3.26. The first kappa shape index (κ1) is 9.30. The van der Waals surface area contributed by atoms with Gasteiger partial charge in [-0.15, -0.1) is 0 Å². The molecule has 0 saturated carbocycles. The maximum atomic E-state index is 4.57. The number of aromatic nitrogens is 3. The lowest BCUT2D eigenvalue weighted by Gasteiger charge is -2.25. The lowest BCUT2D eigenvalue weighted by Crippen LogP contribution is -2.40. The van der Waals surface area contributed by atoms with Crippen LogP contribution in [0.3, 0.4) is 0 Å². The van der Waals surface area contributed by atoms with E-state index in [1.165, 1.54) is 0 Å². The highest BCUT2D eigenvalue weighted by Crippen LogP contribution is 2.26. The van der Waals surface area contributed by atoms with Gasteiger partial charge in [-0.05, 0) is 22.9 Å². The Morgan fingerprint density at radius 3 is 3.00 bits per heavy atom. The Morgan fingerprint density at radius 1 is 1.53 bits per heavy atom. The molecule has 1 aliphatic rings. The smallest absolute Gasteiger partial charge is 0.134 e. The van der Waals surface area contributed by atoms with Gasteiger partial charge in [-0.25, -0.2) is 4.98 Å². The molecule has 1 fully saturated rings. The second-order valence-electron chi connectivity index (χ2n) is 3.85. The van der Waals surface area contributed by atoms with Crippen LogP contribution in [0.5, 0.6) is 0 Å². The number of rotatable bonds is 1. The molecule has 0 atom stereocenters. The van der Waals surface area contributed by atoms with Gasteiger partial charge in [-0.1, -0.05) is 0 Å². The van der Waals surface area contributed by atoms with Crippen LogP contribution in [0.2, 0.25) is 0 Å². The van der Waals surface area contributed by atoms with Crippen LogP contribution in [-0.2, 0) is 0 Å². The molecule has 0 bridgehead atoms. The van der Waals surface area contributed by atoms with Crippen molar-refractivity contribution in [2.75, 3.05) is 13.1 Å². The number of fused-ring (bicyclic) bond motifs is 1. The normalized spacial score (nSPS) is 16.9. The van der Waals surface area contributed by atoms with E-state index in [2.05, 4.69) is 35.6 Å². The zero-order valence-corrected chi connectivity index (χ0v) is 9.95. The first-order valence-electron chi connectivity index (χ1n) is 4.97. The van der Waals surface area contributed by atoms with Crippen molar-refractivity contribution in [3.63, 3.8) is 0 Å². The van der Waals surface area contributed by atoms with Crippen LogP contribution < -0.4 is 5.32 Å². The Bertz CT molecular complexity index is 515. The van der Waals surface area contributed by atoms with E-state index < -0.39 is 0 Å². The van der Waals surface area contributed by atoms with Gasteiger partial charge in [0.05, 0.1) is 5.69 Å². The van der Waals surface area contributed by atoms with Crippen LogP contribution >= 0.6 is 15.9 Å². The zero-order valence-electron chi connectivity index (χ0n) is 8.37. The van der Waals surface area contributed by atoms with Crippen molar-refractivity contribution in [2.24, 2.45) is 0 Å². The standard InChI is InChI=1S/C10H11BrN4/c1-6-8-9(11)14-10(7-4-12-5-7)15(8)3-2-13-6/h2-3,7,12H,4-5H2,1H3. The van der Waals surface area contributed by atoms with Crippen LogP contribution in [0.25, 0.3) is 5.52 Å². The molecule has 0 radical (unpaired) electrons. The van der Waals surface area contributed by atoms with E-state index in [1.807, 2.05) is 19.3 Å². The predicted molar refractivity (Wildman–Crippen MR) is 61.0 cm³/mol. The summed E-state index contributed by atoms with van der Waals surface area (Å²) in [6.45, 7) is 4.05. The number of hydrogen-bond acceptors (Lipinski definition) is 3. The van der Waals surface area contributed by atoms with Crippen LogP contribution in [0, 0.1) is 6.92 Å². The van der Waals surface area contributed by atoms with Gasteiger partial charge >= 0.3 is 0 Å². The molecule has 2 aromatic heterocycles. The molecule has 3 rings (SSSR count). The van der Waals surface area contributed by atoms with Gasteiger partial charge in [0, 0.05) is 31.4 Å². The molecule has 1 aliphatic heterocycles. The number of nitrogens with zero attached hydrogens (tertiary/aromatic N) is 3. The van der Waals surface area contributed by atoms with Crippen LogP contribution in [0.1, 0.15) is 17.4 Å². The van der Waals surface area contributed by atoms with E-state index in [0.717, 1.165) is 34.7 Å². The topological polar surface area (TPSA) is 42.2 Å². The van der Waals surface area contributed by atoms with Gasteiger partial charge < -0.3 is 5.32 Å².